The zero-order valence-corrected chi connectivity index (χ0v) is 22.1. The average Bonchev–Trinajstić information content (AvgIpc) is 3.30. The molecule has 1 atom stereocenters. The number of methoxy groups -OCH3 is 1. The van der Waals surface area contributed by atoms with E-state index in [1.807, 2.05) is 24.3 Å². The minimum atomic E-state index is -3.18. The Morgan fingerprint density at radius 2 is 1.79 bits per heavy atom. The van der Waals surface area contributed by atoms with Gasteiger partial charge in [-0.3, -0.25) is 9.79 Å². The van der Waals surface area contributed by atoms with Gasteiger partial charge in [0.15, 0.2) is 5.17 Å². The lowest BCUT2D eigenvalue weighted by molar-refractivity contribution is -0.120. The second-order valence-electron chi connectivity index (χ2n) is 9.21. The van der Waals surface area contributed by atoms with Crippen molar-refractivity contribution in [3.8, 4) is 5.75 Å². The van der Waals surface area contributed by atoms with Crippen LogP contribution < -0.4 is 10.1 Å². The number of piperidine rings is 1. The maximum absolute atomic E-state index is 12.6. The smallest absolute Gasteiger partial charge is 0.226 e. The number of amidine groups is 1. The van der Waals surface area contributed by atoms with E-state index >= 15 is 0 Å². The highest BCUT2D eigenvalue weighted by molar-refractivity contribution is 8.14. The molecule has 0 saturated carbocycles. The number of carbonyl (C=O) groups excluding carboxylic acids is 1. The highest BCUT2D eigenvalue weighted by Crippen LogP contribution is 2.31. The molecule has 0 spiro atoms. The van der Waals surface area contributed by atoms with Gasteiger partial charge >= 0.3 is 0 Å². The van der Waals surface area contributed by atoms with E-state index in [-0.39, 0.29) is 23.6 Å². The number of rotatable bonds is 12. The van der Waals surface area contributed by atoms with Crippen LogP contribution in [0.3, 0.4) is 0 Å². The van der Waals surface area contributed by atoms with E-state index in [1.54, 1.807) is 23.2 Å². The maximum atomic E-state index is 12.6. The van der Waals surface area contributed by atoms with Crippen molar-refractivity contribution in [3.63, 3.8) is 0 Å². The summed E-state index contributed by atoms with van der Waals surface area (Å²) in [6.07, 6.45) is 8.34. The molecule has 190 valence electrons. The third-order valence-corrected chi connectivity index (χ3v) is 9.51. The Morgan fingerprint density at radius 1 is 1.12 bits per heavy atom. The van der Waals surface area contributed by atoms with E-state index in [1.165, 1.54) is 19.3 Å². The Labute approximate surface area is 209 Å². The molecule has 1 saturated heterocycles. The van der Waals surface area contributed by atoms with Crippen LogP contribution in [-0.4, -0.2) is 55.5 Å². The van der Waals surface area contributed by atoms with Gasteiger partial charge in [0.2, 0.25) is 15.9 Å². The lowest BCUT2D eigenvalue weighted by atomic mass is 9.94. The van der Waals surface area contributed by atoms with Crippen LogP contribution in [0.2, 0.25) is 0 Å². The first-order chi connectivity index (χ1) is 16.4. The Balaban J connectivity index is 1.37. The lowest BCUT2D eigenvalue weighted by Gasteiger charge is -2.31. The quantitative estimate of drug-likeness (QED) is 0.411. The standard InChI is InChI=1S/C25H39N3O4S2/c1-3-4-5-6-7-8-17-34(30,31)28-15-13-20(14-16-28)18-24(29)27-25-26-23(19-33-25)21-9-11-22(32-2)12-10-21/h9-12,20,23H,3-8,13-19H2,1-2H3,(H,26,27,29). The van der Waals surface area contributed by atoms with Crippen molar-refractivity contribution in [2.75, 3.05) is 31.7 Å². The van der Waals surface area contributed by atoms with Crippen LogP contribution in [0.4, 0.5) is 0 Å². The number of thioether (sulfide) groups is 1. The predicted molar refractivity (Wildman–Crippen MR) is 140 cm³/mol. The van der Waals surface area contributed by atoms with E-state index in [4.69, 9.17) is 4.74 Å². The Bertz CT molecular complexity index is 911. The SMILES string of the molecule is CCCCCCCCS(=O)(=O)N1CCC(CC(=O)NC2=NC(c3ccc(OC)cc3)CS2)CC1. The molecule has 2 aliphatic rings. The van der Waals surface area contributed by atoms with Gasteiger partial charge in [0.05, 0.1) is 18.9 Å². The monoisotopic (exact) mass is 509 g/mol. The molecule has 0 radical (unpaired) electrons. The summed E-state index contributed by atoms with van der Waals surface area (Å²) >= 11 is 1.56. The number of unbranched alkanes of at least 4 members (excludes halogenated alkanes) is 5. The molecule has 2 heterocycles. The molecule has 0 aliphatic carbocycles. The second kappa shape index (κ2) is 13.5. The molecule has 3 rings (SSSR count). The van der Waals surface area contributed by atoms with E-state index in [2.05, 4.69) is 17.2 Å². The van der Waals surface area contributed by atoms with Gasteiger partial charge in [0.1, 0.15) is 5.75 Å². The van der Waals surface area contributed by atoms with Crippen molar-refractivity contribution >= 4 is 32.9 Å². The van der Waals surface area contributed by atoms with Crippen molar-refractivity contribution in [1.29, 1.82) is 0 Å². The number of hydrogen-bond donors (Lipinski definition) is 1. The first-order valence-electron chi connectivity index (χ1n) is 12.5. The number of hydrogen-bond acceptors (Lipinski definition) is 6. The number of sulfonamides is 1. The highest BCUT2D eigenvalue weighted by atomic mass is 32.2. The van der Waals surface area contributed by atoms with Crippen molar-refractivity contribution < 1.29 is 17.9 Å². The summed E-state index contributed by atoms with van der Waals surface area (Å²) in [4.78, 5) is 17.2. The van der Waals surface area contributed by atoms with Crippen molar-refractivity contribution in [2.24, 2.45) is 10.9 Å². The number of carbonyl (C=O) groups is 1. The van der Waals surface area contributed by atoms with Crippen molar-refractivity contribution in [3.05, 3.63) is 29.8 Å². The molecule has 7 nitrogen and oxygen atoms in total. The van der Waals surface area contributed by atoms with Crippen molar-refractivity contribution in [1.82, 2.24) is 9.62 Å². The summed E-state index contributed by atoms with van der Waals surface area (Å²) in [7, 11) is -1.54. The fourth-order valence-corrected chi connectivity index (χ4v) is 7.02. The zero-order chi connectivity index (χ0) is 24.4. The fourth-order valence-electron chi connectivity index (χ4n) is 4.46. The third kappa shape index (κ3) is 8.27. The summed E-state index contributed by atoms with van der Waals surface area (Å²) in [6, 6.07) is 7.89. The van der Waals surface area contributed by atoms with Crippen LogP contribution in [0.25, 0.3) is 0 Å². The Morgan fingerprint density at radius 3 is 2.47 bits per heavy atom. The molecule has 1 aromatic rings. The summed E-state index contributed by atoms with van der Waals surface area (Å²) in [5.41, 5.74) is 1.10. The molecule has 1 N–H and O–H groups in total. The zero-order valence-electron chi connectivity index (χ0n) is 20.5. The normalized spacial score (nSPS) is 19.7. The molecule has 0 aromatic heterocycles. The predicted octanol–water partition coefficient (Wildman–Crippen LogP) is 4.75. The average molecular weight is 510 g/mol. The number of ether oxygens (including phenoxy) is 1. The van der Waals surface area contributed by atoms with Gasteiger partial charge in [0, 0.05) is 25.3 Å². The van der Waals surface area contributed by atoms with Gasteiger partial charge in [-0.2, -0.15) is 0 Å². The summed E-state index contributed by atoms with van der Waals surface area (Å²) in [6.45, 7) is 3.22. The van der Waals surface area contributed by atoms with Gasteiger partial charge in [-0.15, -0.1) is 0 Å². The van der Waals surface area contributed by atoms with Gasteiger partial charge in [-0.1, -0.05) is 62.9 Å². The number of nitrogens with zero attached hydrogens (tertiary/aromatic N) is 2. The van der Waals surface area contributed by atoms with Crippen LogP contribution in [-0.2, 0) is 14.8 Å². The fraction of sp³-hybridized carbons (Fsp3) is 0.680. The lowest BCUT2D eigenvalue weighted by Crippen LogP contribution is -2.41. The Hall–Kier alpha value is -1.58. The molecule has 1 aromatic carbocycles. The van der Waals surface area contributed by atoms with E-state index in [9.17, 15) is 13.2 Å². The maximum Gasteiger partial charge on any atom is 0.226 e. The highest BCUT2D eigenvalue weighted by Gasteiger charge is 2.29. The molecular weight excluding hydrogens is 470 g/mol. The number of nitrogens with one attached hydrogen (secondary N) is 1. The molecule has 0 bridgehead atoms. The first kappa shape index (κ1) is 27.0. The van der Waals surface area contributed by atoms with Crippen LogP contribution >= 0.6 is 11.8 Å². The summed E-state index contributed by atoms with van der Waals surface area (Å²) in [5.74, 6) is 2.04. The van der Waals surface area contributed by atoms with Gasteiger partial charge in [-0.05, 0) is 42.9 Å². The molecule has 34 heavy (non-hydrogen) atoms. The topological polar surface area (TPSA) is 88.1 Å². The molecule has 9 heteroatoms. The Kier molecular flexibility index (Phi) is 10.7. The molecule has 2 aliphatic heterocycles. The van der Waals surface area contributed by atoms with Gasteiger partial charge in [0.25, 0.3) is 0 Å². The van der Waals surface area contributed by atoms with Crippen molar-refractivity contribution in [2.45, 2.75) is 70.8 Å². The van der Waals surface area contributed by atoms with E-state index in [0.29, 0.717) is 24.7 Å². The first-order valence-corrected chi connectivity index (χ1v) is 15.1. The van der Waals surface area contributed by atoms with E-state index in [0.717, 1.165) is 49.2 Å². The second-order valence-corrected chi connectivity index (χ2v) is 12.3. The largest absolute Gasteiger partial charge is 0.497 e. The third-order valence-electron chi connectivity index (χ3n) is 6.59. The molecule has 1 amide bonds. The number of amides is 1. The minimum absolute atomic E-state index is 0.0324. The van der Waals surface area contributed by atoms with Gasteiger partial charge in [-0.25, -0.2) is 12.7 Å². The molecular formula is C25H39N3O4S2. The molecule has 1 unspecified atom stereocenters. The number of aliphatic imine (C=N–C) groups is 1. The van der Waals surface area contributed by atoms with Crippen LogP contribution in [0.5, 0.6) is 5.75 Å². The number of benzene rings is 1. The van der Waals surface area contributed by atoms with Crippen LogP contribution in [0.15, 0.2) is 29.3 Å². The summed E-state index contributed by atoms with van der Waals surface area (Å²) in [5, 5.41) is 3.63. The van der Waals surface area contributed by atoms with E-state index < -0.39 is 10.0 Å². The van der Waals surface area contributed by atoms with Gasteiger partial charge < -0.3 is 10.1 Å². The minimum Gasteiger partial charge on any atom is -0.497 e. The molecule has 1 fully saturated rings. The summed E-state index contributed by atoms with van der Waals surface area (Å²) < 4.78 is 32.1. The van der Waals surface area contributed by atoms with Crippen LogP contribution in [0, 0.1) is 5.92 Å². The van der Waals surface area contributed by atoms with Crippen LogP contribution in [0.1, 0.15) is 76.3 Å².